The van der Waals surface area contributed by atoms with Gasteiger partial charge < -0.3 is 19.8 Å². The lowest BCUT2D eigenvalue weighted by molar-refractivity contribution is -0.139. The van der Waals surface area contributed by atoms with Crippen LogP contribution in [0.15, 0.2) is 0 Å². The maximum Gasteiger partial charge on any atom is 0.410 e. The first-order valence-corrected chi connectivity index (χ1v) is 5.97. The van der Waals surface area contributed by atoms with Gasteiger partial charge in [-0.1, -0.05) is 0 Å². The fourth-order valence-corrected chi connectivity index (χ4v) is 1.84. The SMILES string of the molecule is CC(C)(C)OC(=O)N1CCC(=O)C(CO)(CO)C1. The number of ether oxygens (including phenoxy) is 1. The Morgan fingerprint density at radius 1 is 1.39 bits per heavy atom. The lowest BCUT2D eigenvalue weighted by atomic mass is 9.80. The Labute approximate surface area is 107 Å². The van der Waals surface area contributed by atoms with Gasteiger partial charge in [0.15, 0.2) is 0 Å². The van der Waals surface area contributed by atoms with Crippen LogP contribution < -0.4 is 0 Å². The molecule has 0 spiro atoms. The molecule has 0 aromatic heterocycles. The highest BCUT2D eigenvalue weighted by atomic mass is 16.6. The highest BCUT2D eigenvalue weighted by molar-refractivity contribution is 5.87. The first-order valence-electron chi connectivity index (χ1n) is 5.97. The van der Waals surface area contributed by atoms with E-state index in [4.69, 9.17) is 4.74 Å². The van der Waals surface area contributed by atoms with Gasteiger partial charge in [-0.15, -0.1) is 0 Å². The number of carbonyl (C=O) groups is 2. The molecule has 2 N–H and O–H groups in total. The molecule has 1 saturated heterocycles. The van der Waals surface area contributed by atoms with Crippen molar-refractivity contribution in [2.75, 3.05) is 26.3 Å². The molecule has 0 bridgehead atoms. The number of likely N-dealkylation sites (tertiary alicyclic amines) is 1. The predicted octanol–water partition coefficient (Wildman–Crippen LogP) is 0.167. The first-order chi connectivity index (χ1) is 8.24. The van der Waals surface area contributed by atoms with E-state index in [0.717, 1.165) is 0 Å². The van der Waals surface area contributed by atoms with E-state index in [0.29, 0.717) is 0 Å². The molecule has 1 aliphatic heterocycles. The minimum Gasteiger partial charge on any atom is -0.444 e. The normalized spacial score (nSPS) is 19.8. The van der Waals surface area contributed by atoms with Crippen LogP contribution in [-0.4, -0.2) is 58.9 Å². The third-order valence-corrected chi connectivity index (χ3v) is 2.95. The second kappa shape index (κ2) is 5.24. The van der Waals surface area contributed by atoms with Crippen molar-refractivity contribution < 1.29 is 24.5 Å². The number of piperidine rings is 1. The van der Waals surface area contributed by atoms with E-state index in [1.165, 1.54) is 4.90 Å². The van der Waals surface area contributed by atoms with Gasteiger partial charge in [0.1, 0.15) is 11.4 Å². The van der Waals surface area contributed by atoms with Crippen molar-refractivity contribution in [2.45, 2.75) is 32.8 Å². The summed E-state index contributed by atoms with van der Waals surface area (Å²) < 4.78 is 5.21. The van der Waals surface area contributed by atoms with E-state index in [1.54, 1.807) is 20.8 Å². The number of Topliss-reactive ketones (excluding diaryl/α,β-unsaturated/α-hetero) is 1. The maximum atomic E-state index is 11.9. The second-order valence-corrected chi connectivity index (χ2v) is 5.67. The molecule has 0 atom stereocenters. The van der Waals surface area contributed by atoms with Gasteiger partial charge >= 0.3 is 6.09 Å². The summed E-state index contributed by atoms with van der Waals surface area (Å²) in [6.45, 7) is 4.58. The number of hydrogen-bond donors (Lipinski definition) is 2. The molecule has 0 saturated carbocycles. The molecule has 0 radical (unpaired) electrons. The zero-order chi connectivity index (χ0) is 14.0. The number of ketones is 1. The Hall–Kier alpha value is -1.14. The average Bonchev–Trinajstić information content (AvgIpc) is 2.28. The summed E-state index contributed by atoms with van der Waals surface area (Å²) >= 11 is 0. The van der Waals surface area contributed by atoms with Gasteiger partial charge in [0.2, 0.25) is 0 Å². The number of aliphatic hydroxyl groups is 2. The predicted molar refractivity (Wildman–Crippen MR) is 64.0 cm³/mol. The highest BCUT2D eigenvalue weighted by Crippen LogP contribution is 2.26. The number of rotatable bonds is 2. The molecule has 1 aliphatic rings. The molecule has 1 heterocycles. The molecule has 6 heteroatoms. The molecule has 18 heavy (non-hydrogen) atoms. The smallest absolute Gasteiger partial charge is 0.410 e. The fraction of sp³-hybridized carbons (Fsp3) is 0.833. The summed E-state index contributed by atoms with van der Waals surface area (Å²) in [6.07, 6.45) is -0.401. The van der Waals surface area contributed by atoms with Crippen LogP contribution in [0.5, 0.6) is 0 Å². The Balaban J connectivity index is 2.76. The molecule has 1 rings (SSSR count). The van der Waals surface area contributed by atoms with Crippen molar-refractivity contribution in [3.8, 4) is 0 Å². The summed E-state index contributed by atoms with van der Waals surface area (Å²) in [5.74, 6) is -0.215. The molecule has 1 fully saturated rings. The summed E-state index contributed by atoms with van der Waals surface area (Å²) in [4.78, 5) is 25.0. The maximum absolute atomic E-state index is 11.9. The highest BCUT2D eigenvalue weighted by Gasteiger charge is 2.44. The average molecular weight is 259 g/mol. The zero-order valence-corrected chi connectivity index (χ0v) is 11.1. The van der Waals surface area contributed by atoms with Crippen molar-refractivity contribution in [3.05, 3.63) is 0 Å². The van der Waals surface area contributed by atoms with Crippen LogP contribution in [0.3, 0.4) is 0 Å². The Bertz CT molecular complexity index is 330. The third-order valence-electron chi connectivity index (χ3n) is 2.95. The van der Waals surface area contributed by atoms with Crippen molar-refractivity contribution in [2.24, 2.45) is 5.41 Å². The standard InChI is InChI=1S/C12H21NO5/c1-11(2,3)18-10(17)13-5-4-9(16)12(6-13,7-14)8-15/h14-15H,4-8H2,1-3H3. The number of hydrogen-bond acceptors (Lipinski definition) is 5. The van der Waals surface area contributed by atoms with E-state index in [1.807, 2.05) is 0 Å². The van der Waals surface area contributed by atoms with Gasteiger partial charge in [-0.25, -0.2) is 4.79 Å². The largest absolute Gasteiger partial charge is 0.444 e. The lowest BCUT2D eigenvalue weighted by Crippen LogP contribution is -2.55. The molecule has 0 aromatic rings. The van der Waals surface area contributed by atoms with Crippen LogP contribution in [0.2, 0.25) is 0 Å². The lowest BCUT2D eigenvalue weighted by Gasteiger charge is -2.39. The molecular weight excluding hydrogens is 238 g/mol. The van der Waals surface area contributed by atoms with Crippen LogP contribution in [0.1, 0.15) is 27.2 Å². The molecule has 0 unspecified atom stereocenters. The van der Waals surface area contributed by atoms with E-state index >= 15 is 0 Å². The quantitative estimate of drug-likeness (QED) is 0.738. The van der Waals surface area contributed by atoms with E-state index in [2.05, 4.69) is 0 Å². The Kier molecular flexibility index (Phi) is 4.34. The number of nitrogens with zero attached hydrogens (tertiary/aromatic N) is 1. The number of aliphatic hydroxyl groups excluding tert-OH is 2. The molecule has 104 valence electrons. The van der Waals surface area contributed by atoms with E-state index < -0.39 is 30.3 Å². The van der Waals surface area contributed by atoms with Gasteiger partial charge in [0, 0.05) is 19.5 Å². The van der Waals surface area contributed by atoms with Crippen LogP contribution >= 0.6 is 0 Å². The van der Waals surface area contributed by atoms with Gasteiger partial charge in [-0.2, -0.15) is 0 Å². The Morgan fingerprint density at radius 3 is 2.39 bits per heavy atom. The third kappa shape index (κ3) is 3.20. The van der Waals surface area contributed by atoms with Gasteiger partial charge in [0.25, 0.3) is 0 Å². The summed E-state index contributed by atoms with van der Waals surface area (Å²) in [5.41, 5.74) is -1.87. The van der Waals surface area contributed by atoms with Crippen LogP contribution in [0, 0.1) is 5.41 Å². The van der Waals surface area contributed by atoms with Crippen LogP contribution in [-0.2, 0) is 9.53 Å². The molecule has 1 amide bonds. The molecule has 0 aliphatic carbocycles. The van der Waals surface area contributed by atoms with Gasteiger partial charge in [-0.3, -0.25) is 4.79 Å². The number of amides is 1. The van der Waals surface area contributed by atoms with Gasteiger partial charge in [0.05, 0.1) is 18.6 Å². The van der Waals surface area contributed by atoms with Crippen molar-refractivity contribution >= 4 is 11.9 Å². The fourth-order valence-electron chi connectivity index (χ4n) is 1.84. The monoisotopic (exact) mass is 259 g/mol. The Morgan fingerprint density at radius 2 is 1.94 bits per heavy atom. The minimum absolute atomic E-state index is 0.00620. The van der Waals surface area contributed by atoms with Crippen LogP contribution in [0.25, 0.3) is 0 Å². The topological polar surface area (TPSA) is 87.1 Å². The summed E-state index contributed by atoms with van der Waals surface area (Å²) in [6, 6.07) is 0. The van der Waals surface area contributed by atoms with E-state index in [9.17, 15) is 19.8 Å². The first kappa shape index (κ1) is 14.9. The molecular formula is C12H21NO5. The van der Waals surface area contributed by atoms with E-state index in [-0.39, 0.29) is 25.3 Å². The van der Waals surface area contributed by atoms with Crippen molar-refractivity contribution in [1.82, 2.24) is 4.90 Å². The van der Waals surface area contributed by atoms with Crippen molar-refractivity contribution in [3.63, 3.8) is 0 Å². The zero-order valence-electron chi connectivity index (χ0n) is 11.1. The second-order valence-electron chi connectivity index (χ2n) is 5.67. The molecule has 0 aromatic carbocycles. The summed E-state index contributed by atoms with van der Waals surface area (Å²) in [7, 11) is 0. The minimum atomic E-state index is -1.25. The van der Waals surface area contributed by atoms with Crippen LogP contribution in [0.4, 0.5) is 4.79 Å². The van der Waals surface area contributed by atoms with Gasteiger partial charge in [-0.05, 0) is 20.8 Å². The number of carbonyl (C=O) groups excluding carboxylic acids is 2. The summed E-state index contributed by atoms with van der Waals surface area (Å²) in [5, 5.41) is 18.6. The van der Waals surface area contributed by atoms with Crippen molar-refractivity contribution in [1.29, 1.82) is 0 Å². The molecule has 6 nitrogen and oxygen atoms in total.